The van der Waals surface area contributed by atoms with Crippen LogP contribution in [0.3, 0.4) is 0 Å². The maximum Gasteiger partial charge on any atom is 0.169 e. The minimum atomic E-state index is 0.392. The summed E-state index contributed by atoms with van der Waals surface area (Å²) in [5.74, 6) is 1.48. The van der Waals surface area contributed by atoms with Gasteiger partial charge in [0.2, 0.25) is 0 Å². The molecule has 1 atom stereocenters. The lowest BCUT2D eigenvalue weighted by atomic mass is 9.98. The molecule has 4 rings (SSSR count). The SMILES string of the molecule is Cc1cc2nc(C3CCCN(C(=S)NCc4ccccc4)C3)[nH]c2cc1C. The fraction of sp³-hybridized carbons (Fsp3) is 0.364. The third-order valence-corrected chi connectivity index (χ3v) is 5.90. The summed E-state index contributed by atoms with van der Waals surface area (Å²) < 4.78 is 0. The zero-order valence-electron chi connectivity index (χ0n) is 16.0. The van der Waals surface area contributed by atoms with Crippen molar-refractivity contribution in [2.75, 3.05) is 13.1 Å². The van der Waals surface area contributed by atoms with Crippen molar-refractivity contribution in [3.8, 4) is 0 Å². The third kappa shape index (κ3) is 3.98. The Morgan fingerprint density at radius 2 is 2.00 bits per heavy atom. The number of aryl methyl sites for hydroxylation is 2. The van der Waals surface area contributed by atoms with Crippen LogP contribution in [0, 0.1) is 13.8 Å². The number of nitrogens with one attached hydrogen (secondary N) is 2. The van der Waals surface area contributed by atoms with Gasteiger partial charge in [-0.1, -0.05) is 30.3 Å². The van der Waals surface area contributed by atoms with E-state index < -0.39 is 0 Å². The third-order valence-electron chi connectivity index (χ3n) is 5.50. The molecule has 1 aromatic heterocycles. The first-order valence-electron chi connectivity index (χ1n) is 9.64. The maximum atomic E-state index is 5.66. The molecular weight excluding hydrogens is 352 g/mol. The van der Waals surface area contributed by atoms with Crippen LogP contribution in [0.25, 0.3) is 11.0 Å². The lowest BCUT2D eigenvalue weighted by Gasteiger charge is -2.33. The Hall–Kier alpha value is -2.40. The topological polar surface area (TPSA) is 44.0 Å². The molecule has 2 N–H and O–H groups in total. The van der Waals surface area contributed by atoms with Gasteiger partial charge in [0, 0.05) is 25.6 Å². The number of hydrogen-bond acceptors (Lipinski definition) is 2. The van der Waals surface area contributed by atoms with Gasteiger partial charge in [-0.25, -0.2) is 4.98 Å². The molecule has 0 saturated carbocycles. The molecule has 0 amide bonds. The largest absolute Gasteiger partial charge is 0.358 e. The van der Waals surface area contributed by atoms with Crippen LogP contribution in [0.15, 0.2) is 42.5 Å². The number of thiocarbonyl (C=S) groups is 1. The molecular formula is C22H26N4S. The van der Waals surface area contributed by atoms with Gasteiger partial charge in [0.1, 0.15) is 5.82 Å². The number of nitrogens with zero attached hydrogens (tertiary/aromatic N) is 2. The van der Waals surface area contributed by atoms with Gasteiger partial charge in [-0.15, -0.1) is 0 Å². The molecule has 1 saturated heterocycles. The Bertz CT molecular complexity index is 909. The van der Waals surface area contributed by atoms with Crippen LogP contribution in [0.2, 0.25) is 0 Å². The summed E-state index contributed by atoms with van der Waals surface area (Å²) in [6, 6.07) is 14.8. The van der Waals surface area contributed by atoms with Gasteiger partial charge in [-0.3, -0.25) is 0 Å². The van der Waals surface area contributed by atoms with Gasteiger partial charge in [0.15, 0.2) is 5.11 Å². The van der Waals surface area contributed by atoms with Crippen LogP contribution < -0.4 is 5.32 Å². The summed E-state index contributed by atoms with van der Waals surface area (Å²) in [6.45, 7) is 6.98. The highest BCUT2D eigenvalue weighted by Gasteiger charge is 2.25. The van der Waals surface area contributed by atoms with Crippen LogP contribution >= 0.6 is 12.2 Å². The minimum absolute atomic E-state index is 0.392. The van der Waals surface area contributed by atoms with Gasteiger partial charge in [0.05, 0.1) is 11.0 Å². The molecule has 1 aliphatic heterocycles. The van der Waals surface area contributed by atoms with Gasteiger partial charge < -0.3 is 15.2 Å². The van der Waals surface area contributed by atoms with E-state index >= 15 is 0 Å². The zero-order valence-corrected chi connectivity index (χ0v) is 16.8. The van der Waals surface area contributed by atoms with E-state index in [0.29, 0.717) is 5.92 Å². The van der Waals surface area contributed by atoms with E-state index in [9.17, 15) is 0 Å². The second-order valence-electron chi connectivity index (χ2n) is 7.51. The molecule has 0 radical (unpaired) electrons. The van der Waals surface area contributed by atoms with Crippen molar-refractivity contribution < 1.29 is 0 Å². The van der Waals surface area contributed by atoms with Gasteiger partial charge in [-0.2, -0.15) is 0 Å². The molecule has 27 heavy (non-hydrogen) atoms. The van der Waals surface area contributed by atoms with Gasteiger partial charge in [-0.05, 0) is 67.7 Å². The number of aromatic nitrogens is 2. The fourth-order valence-electron chi connectivity index (χ4n) is 3.75. The number of H-pyrrole nitrogens is 1. The first-order chi connectivity index (χ1) is 13.1. The molecule has 3 aromatic rings. The molecule has 1 aliphatic rings. The first kappa shape index (κ1) is 18.0. The average molecular weight is 379 g/mol. The number of aromatic amines is 1. The van der Waals surface area contributed by atoms with E-state index in [1.165, 1.54) is 16.7 Å². The summed E-state index contributed by atoms with van der Waals surface area (Å²) in [6.07, 6.45) is 2.28. The Labute approximate surface area is 166 Å². The predicted octanol–water partition coefficient (Wildman–Crippen LogP) is 4.43. The van der Waals surface area contributed by atoms with E-state index in [1.54, 1.807) is 0 Å². The normalized spacial score (nSPS) is 17.3. The van der Waals surface area contributed by atoms with Crippen molar-refractivity contribution in [3.05, 3.63) is 65.0 Å². The molecule has 1 fully saturated rings. The van der Waals surface area contributed by atoms with E-state index in [0.717, 1.165) is 54.4 Å². The summed E-state index contributed by atoms with van der Waals surface area (Å²) in [4.78, 5) is 10.7. The highest BCUT2D eigenvalue weighted by molar-refractivity contribution is 7.80. The molecule has 140 valence electrons. The minimum Gasteiger partial charge on any atom is -0.358 e. The van der Waals surface area contributed by atoms with Crippen LogP contribution in [0.5, 0.6) is 0 Å². The summed E-state index contributed by atoms with van der Waals surface area (Å²) in [5, 5.41) is 4.25. The summed E-state index contributed by atoms with van der Waals surface area (Å²) >= 11 is 5.66. The van der Waals surface area contributed by atoms with Crippen molar-refractivity contribution in [3.63, 3.8) is 0 Å². The molecule has 4 nitrogen and oxygen atoms in total. The molecule has 0 aliphatic carbocycles. The second kappa shape index (κ2) is 7.69. The number of rotatable bonds is 3. The molecule has 2 heterocycles. The fourth-order valence-corrected chi connectivity index (χ4v) is 3.99. The highest BCUT2D eigenvalue weighted by atomic mass is 32.1. The maximum absolute atomic E-state index is 5.66. The highest BCUT2D eigenvalue weighted by Crippen LogP contribution is 2.27. The second-order valence-corrected chi connectivity index (χ2v) is 7.89. The van der Waals surface area contributed by atoms with E-state index in [1.807, 2.05) is 6.07 Å². The molecule has 2 aromatic carbocycles. The Morgan fingerprint density at radius 3 is 2.81 bits per heavy atom. The molecule has 0 spiro atoms. The van der Waals surface area contributed by atoms with Crippen molar-refractivity contribution in [2.45, 2.75) is 39.2 Å². The predicted molar refractivity (Wildman–Crippen MR) is 115 cm³/mol. The van der Waals surface area contributed by atoms with Crippen LogP contribution in [0.1, 0.15) is 41.3 Å². The molecule has 0 bridgehead atoms. The number of benzene rings is 2. The summed E-state index contributed by atoms with van der Waals surface area (Å²) in [7, 11) is 0. The summed E-state index contributed by atoms with van der Waals surface area (Å²) in [5.41, 5.74) is 6.04. The van der Waals surface area contributed by atoms with E-state index in [-0.39, 0.29) is 0 Å². The Morgan fingerprint density at radius 1 is 1.22 bits per heavy atom. The zero-order chi connectivity index (χ0) is 18.8. The number of likely N-dealkylation sites (tertiary alicyclic amines) is 1. The first-order valence-corrected chi connectivity index (χ1v) is 10.0. The monoisotopic (exact) mass is 378 g/mol. The van der Waals surface area contributed by atoms with Crippen molar-refractivity contribution in [1.82, 2.24) is 20.2 Å². The van der Waals surface area contributed by atoms with Crippen LogP contribution in [-0.4, -0.2) is 33.1 Å². The average Bonchev–Trinajstić information content (AvgIpc) is 3.10. The Kier molecular flexibility index (Phi) is 5.12. The quantitative estimate of drug-likeness (QED) is 0.662. The smallest absolute Gasteiger partial charge is 0.169 e. The van der Waals surface area contributed by atoms with E-state index in [2.05, 4.69) is 65.4 Å². The number of imidazole rings is 1. The number of hydrogen-bond donors (Lipinski definition) is 2. The van der Waals surface area contributed by atoms with Gasteiger partial charge >= 0.3 is 0 Å². The van der Waals surface area contributed by atoms with Crippen molar-refractivity contribution >= 4 is 28.4 Å². The van der Waals surface area contributed by atoms with Gasteiger partial charge in [0.25, 0.3) is 0 Å². The number of fused-ring (bicyclic) bond motifs is 1. The molecule has 1 unspecified atom stereocenters. The van der Waals surface area contributed by atoms with Crippen molar-refractivity contribution in [1.29, 1.82) is 0 Å². The van der Waals surface area contributed by atoms with Crippen LogP contribution in [-0.2, 0) is 6.54 Å². The van der Waals surface area contributed by atoms with Crippen LogP contribution in [0.4, 0.5) is 0 Å². The molecule has 5 heteroatoms. The number of piperidine rings is 1. The lowest BCUT2D eigenvalue weighted by molar-refractivity contribution is 0.300. The lowest BCUT2D eigenvalue weighted by Crippen LogP contribution is -2.44. The van der Waals surface area contributed by atoms with Crippen molar-refractivity contribution in [2.24, 2.45) is 0 Å². The Balaban J connectivity index is 1.44. The van der Waals surface area contributed by atoms with E-state index in [4.69, 9.17) is 17.2 Å². The standard InChI is InChI=1S/C22H26N4S/c1-15-11-19-20(12-16(15)2)25-21(24-19)18-9-6-10-26(14-18)22(27)23-13-17-7-4-3-5-8-17/h3-5,7-8,11-12,18H,6,9-10,13-14H2,1-2H3,(H,23,27)(H,24,25).